The normalized spacial score (nSPS) is 16.2. The summed E-state index contributed by atoms with van der Waals surface area (Å²) in [7, 11) is 0. The second-order valence-corrected chi connectivity index (χ2v) is 5.57. The van der Waals surface area contributed by atoms with Crippen LogP contribution in [0.4, 0.5) is 10.1 Å². The van der Waals surface area contributed by atoms with Gasteiger partial charge in [0.2, 0.25) is 5.56 Å². The summed E-state index contributed by atoms with van der Waals surface area (Å²) in [4.78, 5) is 16.4. The number of H-pyrrole nitrogens is 1. The maximum absolute atomic E-state index is 14.0. The lowest BCUT2D eigenvalue weighted by atomic mass is 10.1. The van der Waals surface area contributed by atoms with Gasteiger partial charge in [0.1, 0.15) is 5.82 Å². The lowest BCUT2D eigenvalue weighted by Gasteiger charge is -2.26. The van der Waals surface area contributed by atoms with E-state index in [0.717, 1.165) is 19.6 Å². The van der Waals surface area contributed by atoms with Crippen LogP contribution in [-0.2, 0) is 0 Å². The summed E-state index contributed by atoms with van der Waals surface area (Å²) in [6, 6.07) is 6.16. The lowest BCUT2D eigenvalue weighted by Crippen LogP contribution is -2.33. The Morgan fingerprint density at radius 1 is 1.19 bits per heavy atom. The molecule has 1 aromatic carbocycles. The highest BCUT2D eigenvalue weighted by Crippen LogP contribution is 2.20. The number of halogens is 1. The van der Waals surface area contributed by atoms with Crippen LogP contribution in [0.2, 0.25) is 0 Å². The largest absolute Gasteiger partial charge is 0.381 e. The minimum atomic E-state index is -0.284. The van der Waals surface area contributed by atoms with Crippen LogP contribution >= 0.6 is 0 Å². The predicted octanol–water partition coefficient (Wildman–Crippen LogP) is 2.57. The van der Waals surface area contributed by atoms with E-state index in [0.29, 0.717) is 23.1 Å². The van der Waals surface area contributed by atoms with Gasteiger partial charge in [-0.25, -0.2) is 4.39 Å². The first-order valence-electron chi connectivity index (χ1n) is 7.51. The summed E-state index contributed by atoms with van der Waals surface area (Å²) >= 11 is 0. The molecule has 3 rings (SSSR count). The van der Waals surface area contributed by atoms with Gasteiger partial charge < -0.3 is 15.2 Å². The molecule has 1 aliphatic rings. The molecule has 0 spiro atoms. The van der Waals surface area contributed by atoms with E-state index in [9.17, 15) is 9.18 Å². The highest BCUT2D eigenvalue weighted by atomic mass is 19.1. The van der Waals surface area contributed by atoms with E-state index in [1.165, 1.54) is 31.4 Å². The van der Waals surface area contributed by atoms with Gasteiger partial charge in [-0.3, -0.25) is 4.79 Å². The summed E-state index contributed by atoms with van der Waals surface area (Å²) in [5.74, 6) is -0.284. The predicted molar refractivity (Wildman–Crippen MR) is 83.3 cm³/mol. The van der Waals surface area contributed by atoms with Crippen molar-refractivity contribution in [2.45, 2.75) is 19.3 Å². The Hall–Kier alpha value is -1.88. The van der Waals surface area contributed by atoms with Gasteiger partial charge in [0, 0.05) is 24.5 Å². The molecule has 1 fully saturated rings. The highest BCUT2D eigenvalue weighted by molar-refractivity contribution is 5.82. The zero-order chi connectivity index (χ0) is 14.7. The van der Waals surface area contributed by atoms with Crippen LogP contribution in [0.25, 0.3) is 10.9 Å². The molecule has 1 aromatic heterocycles. The number of nitrogens with zero attached hydrogens (tertiary/aromatic N) is 1. The van der Waals surface area contributed by atoms with Crippen molar-refractivity contribution in [3.63, 3.8) is 0 Å². The monoisotopic (exact) mass is 289 g/mol. The smallest absolute Gasteiger partial charge is 0.248 e. The Balaban J connectivity index is 1.68. The average Bonchev–Trinajstić information content (AvgIpc) is 2.49. The Bertz CT molecular complexity index is 677. The topological polar surface area (TPSA) is 48.1 Å². The van der Waals surface area contributed by atoms with Gasteiger partial charge >= 0.3 is 0 Å². The fourth-order valence-electron chi connectivity index (χ4n) is 2.84. The van der Waals surface area contributed by atoms with Crippen molar-refractivity contribution in [1.29, 1.82) is 0 Å². The van der Waals surface area contributed by atoms with Gasteiger partial charge in [-0.05, 0) is 44.1 Å². The van der Waals surface area contributed by atoms with Crippen molar-refractivity contribution in [3.8, 4) is 0 Å². The molecule has 1 saturated heterocycles. The Kier molecular flexibility index (Phi) is 4.20. The third kappa shape index (κ3) is 3.42. The van der Waals surface area contributed by atoms with Gasteiger partial charge in [0.15, 0.2) is 0 Å². The maximum Gasteiger partial charge on any atom is 0.248 e. The van der Waals surface area contributed by atoms with Crippen LogP contribution in [0.15, 0.2) is 29.1 Å². The number of aromatic nitrogens is 1. The van der Waals surface area contributed by atoms with Crippen LogP contribution in [0.3, 0.4) is 0 Å². The minimum Gasteiger partial charge on any atom is -0.381 e. The highest BCUT2D eigenvalue weighted by Gasteiger charge is 2.10. The molecule has 112 valence electrons. The SMILES string of the molecule is O=c1ccc2cc(F)c(NCCN3CCCCC3)cc2[nH]1. The van der Waals surface area contributed by atoms with Gasteiger partial charge in [-0.2, -0.15) is 0 Å². The molecule has 1 aliphatic heterocycles. The number of anilines is 1. The maximum atomic E-state index is 14.0. The molecule has 2 N–H and O–H groups in total. The Morgan fingerprint density at radius 2 is 2.00 bits per heavy atom. The molecule has 0 aliphatic carbocycles. The van der Waals surface area contributed by atoms with Gasteiger partial charge in [0.25, 0.3) is 0 Å². The fraction of sp³-hybridized carbons (Fsp3) is 0.438. The number of pyridine rings is 1. The molecular formula is C16H20FN3O. The van der Waals surface area contributed by atoms with Gasteiger partial charge in [-0.15, -0.1) is 0 Å². The summed E-state index contributed by atoms with van der Waals surface area (Å²) in [6.07, 6.45) is 3.83. The van der Waals surface area contributed by atoms with Crippen LogP contribution in [-0.4, -0.2) is 36.1 Å². The number of piperidine rings is 1. The van der Waals surface area contributed by atoms with Crippen LogP contribution < -0.4 is 10.9 Å². The van der Waals surface area contributed by atoms with Crippen LogP contribution in [0, 0.1) is 5.82 Å². The Labute approximate surface area is 123 Å². The van der Waals surface area contributed by atoms with Crippen molar-refractivity contribution in [3.05, 3.63) is 40.4 Å². The molecule has 21 heavy (non-hydrogen) atoms. The summed E-state index contributed by atoms with van der Waals surface area (Å²) in [5.41, 5.74) is 0.930. The molecule has 0 atom stereocenters. The zero-order valence-corrected chi connectivity index (χ0v) is 12.0. The minimum absolute atomic E-state index is 0.173. The second kappa shape index (κ2) is 6.26. The zero-order valence-electron chi connectivity index (χ0n) is 12.0. The summed E-state index contributed by atoms with van der Waals surface area (Å²) in [6.45, 7) is 3.90. The van der Waals surface area contributed by atoms with E-state index < -0.39 is 0 Å². The van der Waals surface area contributed by atoms with Crippen molar-refractivity contribution in [2.75, 3.05) is 31.5 Å². The third-order valence-electron chi connectivity index (χ3n) is 4.00. The average molecular weight is 289 g/mol. The molecule has 0 radical (unpaired) electrons. The molecule has 0 unspecified atom stereocenters. The number of aromatic amines is 1. The van der Waals surface area contributed by atoms with Crippen molar-refractivity contribution in [2.24, 2.45) is 0 Å². The summed E-state index contributed by atoms with van der Waals surface area (Å²) in [5, 5.41) is 3.84. The first-order chi connectivity index (χ1) is 10.2. The van der Waals surface area contributed by atoms with E-state index in [1.807, 2.05) is 0 Å². The van der Waals surface area contributed by atoms with E-state index in [-0.39, 0.29) is 11.4 Å². The first kappa shape index (κ1) is 14.1. The lowest BCUT2D eigenvalue weighted by molar-refractivity contribution is 0.237. The molecule has 0 bridgehead atoms. The van der Waals surface area contributed by atoms with Crippen LogP contribution in [0.1, 0.15) is 19.3 Å². The molecule has 2 aromatic rings. The number of hydrogen-bond acceptors (Lipinski definition) is 3. The Morgan fingerprint density at radius 3 is 2.81 bits per heavy atom. The van der Waals surface area contributed by atoms with Gasteiger partial charge in [0.05, 0.1) is 11.2 Å². The van der Waals surface area contributed by atoms with Crippen molar-refractivity contribution < 1.29 is 4.39 Å². The molecule has 0 saturated carbocycles. The molecular weight excluding hydrogens is 269 g/mol. The van der Waals surface area contributed by atoms with Gasteiger partial charge in [-0.1, -0.05) is 6.42 Å². The van der Waals surface area contributed by atoms with E-state index >= 15 is 0 Å². The molecule has 4 nitrogen and oxygen atoms in total. The first-order valence-corrected chi connectivity index (χ1v) is 7.51. The van der Waals surface area contributed by atoms with E-state index in [2.05, 4.69) is 15.2 Å². The third-order valence-corrected chi connectivity index (χ3v) is 4.00. The summed E-state index contributed by atoms with van der Waals surface area (Å²) < 4.78 is 14.0. The molecule has 5 heteroatoms. The quantitative estimate of drug-likeness (QED) is 0.909. The van der Waals surface area contributed by atoms with Crippen molar-refractivity contribution >= 4 is 16.6 Å². The second-order valence-electron chi connectivity index (χ2n) is 5.57. The van der Waals surface area contributed by atoms with E-state index in [1.54, 1.807) is 12.1 Å². The standard InChI is InChI=1S/C16H20FN3O/c17-13-10-12-4-5-16(21)19-14(12)11-15(13)18-6-9-20-7-2-1-3-8-20/h4-5,10-11,18H,1-3,6-9H2,(H,19,21). The fourth-order valence-corrected chi connectivity index (χ4v) is 2.84. The van der Waals surface area contributed by atoms with E-state index in [4.69, 9.17) is 0 Å². The number of likely N-dealkylation sites (tertiary alicyclic amines) is 1. The van der Waals surface area contributed by atoms with Crippen LogP contribution in [0.5, 0.6) is 0 Å². The number of rotatable bonds is 4. The molecule has 0 amide bonds. The number of hydrogen-bond donors (Lipinski definition) is 2. The number of fused-ring (bicyclic) bond motifs is 1. The number of benzene rings is 1. The van der Waals surface area contributed by atoms with Crippen molar-refractivity contribution in [1.82, 2.24) is 9.88 Å². The molecule has 2 heterocycles. The number of nitrogens with one attached hydrogen (secondary N) is 2.